The molecule has 0 aliphatic carbocycles. The Labute approximate surface area is 101 Å². The van der Waals surface area contributed by atoms with E-state index in [1.807, 2.05) is 6.92 Å². The predicted molar refractivity (Wildman–Crippen MR) is 63.4 cm³/mol. The van der Waals surface area contributed by atoms with E-state index in [1.54, 1.807) is 11.5 Å². The van der Waals surface area contributed by atoms with Crippen LogP contribution in [-0.2, 0) is 16.3 Å². The molecule has 92 valence electrons. The molecule has 0 N–H and O–H groups in total. The summed E-state index contributed by atoms with van der Waals surface area (Å²) in [5.74, 6) is 0.783. The number of sulfone groups is 1. The minimum absolute atomic E-state index is 0.0431. The molecule has 0 aliphatic heterocycles. The molecule has 1 unspecified atom stereocenters. The second-order valence-corrected chi connectivity index (χ2v) is 6.47. The Morgan fingerprint density at radius 3 is 2.56 bits per heavy atom. The Morgan fingerprint density at radius 1 is 1.44 bits per heavy atom. The molecule has 0 radical (unpaired) electrons. The summed E-state index contributed by atoms with van der Waals surface area (Å²) >= 11 is 5.90. The first-order chi connectivity index (χ1) is 7.35. The van der Waals surface area contributed by atoms with Crippen molar-refractivity contribution in [2.45, 2.75) is 32.7 Å². The number of hydrogen-bond acceptors (Lipinski definition) is 4. The van der Waals surface area contributed by atoms with Gasteiger partial charge in [0.25, 0.3) is 0 Å². The summed E-state index contributed by atoms with van der Waals surface area (Å²) < 4.78 is 24.1. The molecule has 0 aromatic carbocycles. The monoisotopic (exact) mass is 265 g/mol. The van der Waals surface area contributed by atoms with Crippen LogP contribution in [0.2, 0.25) is 5.28 Å². The van der Waals surface area contributed by atoms with Gasteiger partial charge in [-0.15, -0.1) is 10.2 Å². The van der Waals surface area contributed by atoms with Crippen LogP contribution < -0.4 is 0 Å². The Kier molecular flexibility index (Phi) is 4.32. The summed E-state index contributed by atoms with van der Waals surface area (Å²) in [6, 6.07) is -0.237. The maximum absolute atomic E-state index is 11.2. The topological polar surface area (TPSA) is 64.8 Å². The third kappa shape index (κ3) is 3.45. The van der Waals surface area contributed by atoms with Crippen molar-refractivity contribution in [3.05, 3.63) is 11.1 Å². The summed E-state index contributed by atoms with van der Waals surface area (Å²) in [7, 11) is -3.03. The summed E-state index contributed by atoms with van der Waals surface area (Å²) in [6.07, 6.45) is 2.87. The standard InChI is InChI=1S/C9H16ClN3O2S/c1-4-5-8-11-12-9(10)13(8)7(2)6-16(3,14)15/h7H,4-6H2,1-3H3. The molecule has 0 fully saturated rings. The molecule has 5 nitrogen and oxygen atoms in total. The third-order valence-electron chi connectivity index (χ3n) is 2.18. The van der Waals surface area contributed by atoms with Crippen molar-refractivity contribution in [3.63, 3.8) is 0 Å². The van der Waals surface area contributed by atoms with Crippen LogP contribution in [0.1, 0.15) is 32.1 Å². The summed E-state index contributed by atoms with van der Waals surface area (Å²) in [6.45, 7) is 3.82. The fourth-order valence-electron chi connectivity index (χ4n) is 1.64. The van der Waals surface area contributed by atoms with Gasteiger partial charge in [0, 0.05) is 18.7 Å². The number of aromatic nitrogens is 3. The van der Waals surface area contributed by atoms with Crippen LogP contribution in [0, 0.1) is 0 Å². The molecular formula is C9H16ClN3O2S. The van der Waals surface area contributed by atoms with Gasteiger partial charge in [0.2, 0.25) is 5.28 Å². The molecule has 0 spiro atoms. The van der Waals surface area contributed by atoms with E-state index in [4.69, 9.17) is 11.6 Å². The van der Waals surface area contributed by atoms with Gasteiger partial charge in [-0.3, -0.25) is 4.57 Å². The zero-order valence-corrected chi connectivity index (χ0v) is 11.2. The number of nitrogens with zero attached hydrogens (tertiary/aromatic N) is 3. The van der Waals surface area contributed by atoms with Crippen molar-refractivity contribution >= 4 is 21.4 Å². The van der Waals surface area contributed by atoms with Gasteiger partial charge in [-0.2, -0.15) is 0 Å². The molecule has 16 heavy (non-hydrogen) atoms. The average Bonchev–Trinajstić information content (AvgIpc) is 2.44. The van der Waals surface area contributed by atoms with Crippen LogP contribution in [-0.4, -0.2) is 35.2 Å². The van der Waals surface area contributed by atoms with Gasteiger partial charge in [0.05, 0.1) is 5.75 Å². The normalized spacial score (nSPS) is 14.0. The lowest BCUT2D eigenvalue weighted by Crippen LogP contribution is -2.18. The smallest absolute Gasteiger partial charge is 0.225 e. The Morgan fingerprint density at radius 2 is 2.06 bits per heavy atom. The second kappa shape index (κ2) is 5.14. The zero-order chi connectivity index (χ0) is 12.3. The SMILES string of the molecule is CCCc1nnc(Cl)n1C(C)CS(C)(=O)=O. The molecule has 1 rings (SSSR count). The Bertz CT molecular complexity index is 455. The highest BCUT2D eigenvalue weighted by Crippen LogP contribution is 2.18. The summed E-state index contributed by atoms with van der Waals surface area (Å²) in [5.41, 5.74) is 0. The second-order valence-electron chi connectivity index (χ2n) is 3.95. The lowest BCUT2D eigenvalue weighted by molar-refractivity contribution is 0.544. The maximum Gasteiger partial charge on any atom is 0.225 e. The van der Waals surface area contributed by atoms with Gasteiger partial charge in [0.1, 0.15) is 15.7 Å². The van der Waals surface area contributed by atoms with E-state index in [0.29, 0.717) is 0 Å². The molecule has 0 saturated heterocycles. The van der Waals surface area contributed by atoms with Crippen molar-refractivity contribution in [1.29, 1.82) is 0 Å². The fourth-order valence-corrected chi connectivity index (χ4v) is 2.97. The largest absolute Gasteiger partial charge is 0.298 e. The van der Waals surface area contributed by atoms with Crippen molar-refractivity contribution in [2.75, 3.05) is 12.0 Å². The highest BCUT2D eigenvalue weighted by Gasteiger charge is 2.19. The van der Waals surface area contributed by atoms with Crippen molar-refractivity contribution in [1.82, 2.24) is 14.8 Å². The van der Waals surface area contributed by atoms with E-state index in [2.05, 4.69) is 10.2 Å². The van der Waals surface area contributed by atoms with E-state index in [0.717, 1.165) is 18.7 Å². The van der Waals surface area contributed by atoms with E-state index in [-0.39, 0.29) is 17.1 Å². The maximum atomic E-state index is 11.2. The Balaban J connectivity index is 2.97. The molecular weight excluding hydrogens is 250 g/mol. The zero-order valence-electron chi connectivity index (χ0n) is 9.64. The van der Waals surface area contributed by atoms with Gasteiger partial charge in [-0.1, -0.05) is 6.92 Å². The van der Waals surface area contributed by atoms with E-state index >= 15 is 0 Å². The predicted octanol–water partition coefficient (Wildman–Crippen LogP) is 1.49. The van der Waals surface area contributed by atoms with E-state index in [1.165, 1.54) is 6.26 Å². The Hall–Kier alpha value is -0.620. The van der Waals surface area contributed by atoms with Gasteiger partial charge in [0.15, 0.2) is 0 Å². The van der Waals surface area contributed by atoms with Crippen molar-refractivity contribution in [3.8, 4) is 0 Å². The van der Waals surface area contributed by atoms with Crippen LogP contribution in [0.4, 0.5) is 0 Å². The highest BCUT2D eigenvalue weighted by molar-refractivity contribution is 7.90. The number of hydrogen-bond donors (Lipinski definition) is 0. The van der Waals surface area contributed by atoms with Gasteiger partial charge in [-0.25, -0.2) is 8.42 Å². The van der Waals surface area contributed by atoms with Crippen LogP contribution in [0.25, 0.3) is 0 Å². The summed E-state index contributed by atoms with van der Waals surface area (Å²) in [5, 5.41) is 7.96. The lowest BCUT2D eigenvalue weighted by atomic mass is 10.3. The molecule has 1 aromatic rings. The molecule has 7 heteroatoms. The minimum Gasteiger partial charge on any atom is -0.298 e. The van der Waals surface area contributed by atoms with E-state index in [9.17, 15) is 8.42 Å². The molecule has 0 saturated carbocycles. The average molecular weight is 266 g/mol. The van der Waals surface area contributed by atoms with Crippen LogP contribution in [0.3, 0.4) is 0 Å². The lowest BCUT2D eigenvalue weighted by Gasteiger charge is -2.15. The molecule has 1 heterocycles. The first-order valence-corrected chi connectivity index (χ1v) is 7.56. The molecule has 0 amide bonds. The van der Waals surface area contributed by atoms with Gasteiger partial charge >= 0.3 is 0 Å². The first kappa shape index (κ1) is 13.4. The third-order valence-corrected chi connectivity index (χ3v) is 3.53. The quantitative estimate of drug-likeness (QED) is 0.809. The highest BCUT2D eigenvalue weighted by atomic mass is 35.5. The molecule has 0 aliphatic rings. The first-order valence-electron chi connectivity index (χ1n) is 5.12. The number of halogens is 1. The van der Waals surface area contributed by atoms with E-state index < -0.39 is 9.84 Å². The minimum atomic E-state index is -3.03. The number of rotatable bonds is 5. The van der Waals surface area contributed by atoms with Crippen molar-refractivity contribution < 1.29 is 8.42 Å². The van der Waals surface area contributed by atoms with Crippen LogP contribution >= 0.6 is 11.6 Å². The van der Waals surface area contributed by atoms with Crippen molar-refractivity contribution in [2.24, 2.45) is 0 Å². The van der Waals surface area contributed by atoms with Crippen LogP contribution in [0.5, 0.6) is 0 Å². The van der Waals surface area contributed by atoms with Gasteiger partial charge < -0.3 is 0 Å². The molecule has 1 aromatic heterocycles. The molecule has 1 atom stereocenters. The fraction of sp³-hybridized carbons (Fsp3) is 0.778. The molecule has 0 bridgehead atoms. The summed E-state index contributed by atoms with van der Waals surface area (Å²) in [4.78, 5) is 0. The van der Waals surface area contributed by atoms with Crippen LogP contribution in [0.15, 0.2) is 0 Å². The number of aryl methyl sites for hydroxylation is 1. The van der Waals surface area contributed by atoms with Gasteiger partial charge in [-0.05, 0) is 24.9 Å².